The summed E-state index contributed by atoms with van der Waals surface area (Å²) in [6.07, 6.45) is 0. The molecular formula is C5H3Cl2NOS. The monoisotopic (exact) mass is 195 g/mol. The highest BCUT2D eigenvalue weighted by atomic mass is 35.5. The van der Waals surface area contributed by atoms with Crippen LogP contribution in [0.5, 0.6) is 0 Å². The summed E-state index contributed by atoms with van der Waals surface area (Å²) in [5, 5.41) is 0.304. The molecule has 1 heterocycles. The predicted octanol–water partition coefficient (Wildman–Crippen LogP) is 2.19. The molecule has 0 aliphatic rings. The Morgan fingerprint density at radius 3 is 2.90 bits per heavy atom. The SMILES string of the molecule is O=C(Cl)C(Cl)c1cscn1. The first kappa shape index (κ1) is 7.98. The van der Waals surface area contributed by atoms with Crippen LogP contribution >= 0.6 is 34.5 Å². The van der Waals surface area contributed by atoms with Crippen molar-refractivity contribution in [3.8, 4) is 0 Å². The Bertz CT molecular complexity index is 224. The van der Waals surface area contributed by atoms with Crippen LogP contribution in [0, 0.1) is 0 Å². The first-order valence-corrected chi connectivity index (χ1v) is 4.19. The molecule has 54 valence electrons. The van der Waals surface area contributed by atoms with E-state index < -0.39 is 10.6 Å². The van der Waals surface area contributed by atoms with Gasteiger partial charge in [0.25, 0.3) is 0 Å². The fourth-order valence-electron chi connectivity index (χ4n) is 0.463. The standard InChI is InChI=1S/C5H3Cl2NOS/c6-4(5(7)9)3-1-10-2-8-3/h1-2,4H. The van der Waals surface area contributed by atoms with Gasteiger partial charge in [0.1, 0.15) is 0 Å². The van der Waals surface area contributed by atoms with Gasteiger partial charge in [0, 0.05) is 5.38 Å². The maximum absolute atomic E-state index is 10.4. The van der Waals surface area contributed by atoms with Crippen LogP contribution in [-0.4, -0.2) is 10.2 Å². The van der Waals surface area contributed by atoms with Crippen LogP contribution in [0.1, 0.15) is 11.1 Å². The summed E-state index contributed by atoms with van der Waals surface area (Å²) in [4.78, 5) is 14.3. The van der Waals surface area contributed by atoms with E-state index in [1.54, 1.807) is 10.9 Å². The lowest BCUT2D eigenvalue weighted by Gasteiger charge is -1.95. The van der Waals surface area contributed by atoms with Gasteiger partial charge in [-0.25, -0.2) is 4.98 Å². The highest BCUT2D eigenvalue weighted by molar-refractivity contribution is 7.07. The zero-order valence-corrected chi connectivity index (χ0v) is 7.08. The van der Waals surface area contributed by atoms with Crippen LogP contribution in [0.25, 0.3) is 0 Å². The van der Waals surface area contributed by atoms with Gasteiger partial charge in [-0.05, 0) is 11.6 Å². The molecule has 1 aromatic heterocycles. The number of thiazole rings is 1. The van der Waals surface area contributed by atoms with E-state index in [1.807, 2.05) is 0 Å². The Labute approximate surface area is 71.8 Å². The Kier molecular flexibility index (Phi) is 2.65. The van der Waals surface area contributed by atoms with E-state index in [4.69, 9.17) is 23.2 Å². The molecule has 5 heteroatoms. The van der Waals surface area contributed by atoms with Crippen LogP contribution in [-0.2, 0) is 4.79 Å². The summed E-state index contributed by atoms with van der Waals surface area (Å²) in [6.45, 7) is 0. The highest BCUT2D eigenvalue weighted by Gasteiger charge is 2.16. The predicted molar refractivity (Wildman–Crippen MR) is 41.6 cm³/mol. The topological polar surface area (TPSA) is 30.0 Å². The fourth-order valence-corrected chi connectivity index (χ4v) is 1.35. The van der Waals surface area contributed by atoms with Gasteiger partial charge in [0.05, 0.1) is 11.2 Å². The van der Waals surface area contributed by atoms with Gasteiger partial charge < -0.3 is 0 Å². The van der Waals surface area contributed by atoms with Crippen molar-refractivity contribution in [3.05, 3.63) is 16.6 Å². The summed E-state index contributed by atoms with van der Waals surface area (Å²) in [5.74, 6) is 0. The number of halogens is 2. The normalized spacial score (nSPS) is 13.0. The second-order valence-corrected chi connectivity index (χ2v) is 3.11. The smallest absolute Gasteiger partial charge is 0.245 e. The van der Waals surface area contributed by atoms with E-state index in [0.29, 0.717) is 5.69 Å². The molecule has 1 atom stereocenters. The second-order valence-electron chi connectivity index (χ2n) is 1.58. The zero-order valence-electron chi connectivity index (χ0n) is 4.75. The van der Waals surface area contributed by atoms with Crippen molar-refractivity contribution in [2.24, 2.45) is 0 Å². The molecular weight excluding hydrogens is 193 g/mol. The summed E-state index contributed by atoms with van der Waals surface area (Å²) in [5.41, 5.74) is 2.12. The van der Waals surface area contributed by atoms with Crippen molar-refractivity contribution in [2.75, 3.05) is 0 Å². The summed E-state index contributed by atoms with van der Waals surface area (Å²) < 4.78 is 0. The summed E-state index contributed by atoms with van der Waals surface area (Å²) in [6, 6.07) is 0. The Morgan fingerprint density at radius 1 is 1.80 bits per heavy atom. The molecule has 1 aromatic rings. The Balaban J connectivity index is 2.77. The van der Waals surface area contributed by atoms with Crippen molar-refractivity contribution in [2.45, 2.75) is 5.38 Å². The molecule has 0 fully saturated rings. The van der Waals surface area contributed by atoms with Crippen molar-refractivity contribution < 1.29 is 4.79 Å². The number of aromatic nitrogens is 1. The van der Waals surface area contributed by atoms with Gasteiger partial charge >= 0.3 is 0 Å². The van der Waals surface area contributed by atoms with Gasteiger partial charge in [0.2, 0.25) is 5.24 Å². The molecule has 0 radical (unpaired) electrons. The van der Waals surface area contributed by atoms with Crippen LogP contribution in [0.2, 0.25) is 0 Å². The van der Waals surface area contributed by atoms with E-state index in [1.165, 1.54) is 11.3 Å². The molecule has 0 N–H and O–H groups in total. The first-order valence-electron chi connectivity index (χ1n) is 2.43. The van der Waals surface area contributed by atoms with E-state index in [-0.39, 0.29) is 0 Å². The fraction of sp³-hybridized carbons (Fsp3) is 0.200. The van der Waals surface area contributed by atoms with Crippen LogP contribution < -0.4 is 0 Å². The largest absolute Gasteiger partial charge is 0.279 e. The van der Waals surface area contributed by atoms with Gasteiger partial charge in [0.15, 0.2) is 5.38 Å². The molecule has 2 nitrogen and oxygen atoms in total. The second kappa shape index (κ2) is 3.32. The quantitative estimate of drug-likeness (QED) is 0.536. The molecule has 1 unspecified atom stereocenters. The molecule has 0 amide bonds. The summed E-state index contributed by atoms with van der Waals surface area (Å²) >= 11 is 12.0. The number of rotatable bonds is 2. The zero-order chi connectivity index (χ0) is 7.56. The highest BCUT2D eigenvalue weighted by Crippen LogP contribution is 2.22. The third-order valence-electron chi connectivity index (χ3n) is 0.910. The molecule has 0 saturated carbocycles. The molecule has 0 bridgehead atoms. The average Bonchev–Trinajstić information content (AvgIpc) is 2.36. The van der Waals surface area contributed by atoms with Crippen molar-refractivity contribution in [3.63, 3.8) is 0 Å². The van der Waals surface area contributed by atoms with Gasteiger partial charge in [-0.2, -0.15) is 0 Å². The molecule has 1 rings (SSSR count). The number of hydrogen-bond donors (Lipinski definition) is 0. The minimum atomic E-state index is -0.798. The van der Waals surface area contributed by atoms with E-state index in [0.717, 1.165) is 0 Å². The van der Waals surface area contributed by atoms with E-state index in [9.17, 15) is 4.79 Å². The van der Waals surface area contributed by atoms with E-state index >= 15 is 0 Å². The lowest BCUT2D eigenvalue weighted by Crippen LogP contribution is -1.98. The number of nitrogens with zero attached hydrogens (tertiary/aromatic N) is 1. The number of carbonyl (C=O) groups excluding carboxylic acids is 1. The maximum Gasteiger partial charge on any atom is 0.245 e. The minimum absolute atomic E-state index is 0.520. The average molecular weight is 196 g/mol. The third-order valence-corrected chi connectivity index (χ3v) is 2.27. The lowest BCUT2D eigenvalue weighted by atomic mass is 10.4. The van der Waals surface area contributed by atoms with E-state index in [2.05, 4.69) is 4.98 Å². The van der Waals surface area contributed by atoms with Crippen molar-refractivity contribution in [1.29, 1.82) is 0 Å². The van der Waals surface area contributed by atoms with Crippen molar-refractivity contribution >= 4 is 39.8 Å². The van der Waals surface area contributed by atoms with Crippen LogP contribution in [0.3, 0.4) is 0 Å². The van der Waals surface area contributed by atoms with Gasteiger partial charge in [-0.3, -0.25) is 4.79 Å². The molecule has 0 aliphatic carbocycles. The number of carbonyl (C=O) groups is 1. The maximum atomic E-state index is 10.4. The molecule has 10 heavy (non-hydrogen) atoms. The minimum Gasteiger partial charge on any atom is -0.279 e. The number of hydrogen-bond acceptors (Lipinski definition) is 3. The summed E-state index contributed by atoms with van der Waals surface area (Å²) in [7, 11) is 0. The molecule has 0 saturated heterocycles. The Morgan fingerprint density at radius 2 is 2.50 bits per heavy atom. The van der Waals surface area contributed by atoms with Crippen LogP contribution in [0.15, 0.2) is 10.9 Å². The third kappa shape index (κ3) is 1.68. The molecule has 0 aliphatic heterocycles. The molecule has 0 aromatic carbocycles. The van der Waals surface area contributed by atoms with Crippen LogP contribution in [0.4, 0.5) is 0 Å². The lowest BCUT2D eigenvalue weighted by molar-refractivity contribution is -0.111. The van der Waals surface area contributed by atoms with Crippen molar-refractivity contribution in [1.82, 2.24) is 4.98 Å². The van der Waals surface area contributed by atoms with Gasteiger partial charge in [-0.15, -0.1) is 22.9 Å². The number of alkyl halides is 1. The Hall–Kier alpha value is -0.120. The first-order chi connectivity index (χ1) is 4.72. The molecule has 0 spiro atoms. The van der Waals surface area contributed by atoms with Gasteiger partial charge in [-0.1, -0.05) is 0 Å².